The first kappa shape index (κ1) is 15.2. The van der Waals surface area contributed by atoms with Crippen molar-refractivity contribution in [2.45, 2.75) is 19.4 Å². The van der Waals surface area contributed by atoms with E-state index in [1.165, 1.54) is 11.6 Å². The van der Waals surface area contributed by atoms with Crippen molar-refractivity contribution in [3.05, 3.63) is 66.2 Å². The van der Waals surface area contributed by atoms with Gasteiger partial charge in [0.1, 0.15) is 17.2 Å². The van der Waals surface area contributed by atoms with Gasteiger partial charge in [0.05, 0.1) is 12.6 Å². The molecule has 1 unspecified atom stereocenters. The second kappa shape index (κ2) is 6.57. The monoisotopic (exact) mass is 309 g/mol. The molecular weight excluding hydrogens is 290 g/mol. The van der Waals surface area contributed by atoms with Crippen LogP contribution in [-0.2, 0) is 4.79 Å². The summed E-state index contributed by atoms with van der Waals surface area (Å²) in [5.41, 5.74) is 2.15. The smallest absolute Gasteiger partial charge is 0.243 e. The second-order valence-corrected chi connectivity index (χ2v) is 5.52. The van der Waals surface area contributed by atoms with Gasteiger partial charge in [-0.25, -0.2) is 0 Å². The summed E-state index contributed by atoms with van der Waals surface area (Å²) in [7, 11) is 0. The third-order valence-corrected chi connectivity index (χ3v) is 3.78. The topological polar surface area (TPSA) is 47.6 Å². The van der Waals surface area contributed by atoms with Gasteiger partial charge in [0.2, 0.25) is 5.91 Å². The fourth-order valence-electron chi connectivity index (χ4n) is 2.56. The summed E-state index contributed by atoms with van der Waals surface area (Å²) in [5, 5.41) is 2.92. The number of hydrogen-bond acceptors (Lipinski definition) is 3. The SMILES string of the molecule is C=CC(=O)NC1CCOc2cc(Oc3ccc(C)cc3)ccc21. The molecule has 1 heterocycles. The van der Waals surface area contributed by atoms with Gasteiger partial charge < -0.3 is 14.8 Å². The van der Waals surface area contributed by atoms with Crippen molar-refractivity contribution in [1.29, 1.82) is 0 Å². The number of benzene rings is 2. The Morgan fingerprint density at radius 1 is 1.26 bits per heavy atom. The largest absolute Gasteiger partial charge is 0.493 e. The molecule has 0 fully saturated rings. The number of carbonyl (C=O) groups excluding carboxylic acids is 1. The summed E-state index contributed by atoms with van der Waals surface area (Å²) < 4.78 is 11.6. The van der Waals surface area contributed by atoms with Gasteiger partial charge in [-0.1, -0.05) is 24.3 Å². The van der Waals surface area contributed by atoms with Gasteiger partial charge in [0.25, 0.3) is 0 Å². The summed E-state index contributed by atoms with van der Waals surface area (Å²) in [6.07, 6.45) is 2.02. The third kappa shape index (κ3) is 3.54. The number of aryl methyl sites for hydroxylation is 1. The summed E-state index contributed by atoms with van der Waals surface area (Å²) in [5.74, 6) is 2.06. The van der Waals surface area contributed by atoms with Crippen LogP contribution < -0.4 is 14.8 Å². The number of carbonyl (C=O) groups is 1. The van der Waals surface area contributed by atoms with E-state index in [0.717, 1.165) is 23.5 Å². The predicted octanol–water partition coefficient (Wildman–Crippen LogP) is 3.91. The molecule has 0 radical (unpaired) electrons. The molecule has 1 atom stereocenters. The molecule has 0 aromatic heterocycles. The van der Waals surface area contributed by atoms with Crippen molar-refractivity contribution >= 4 is 5.91 Å². The molecule has 1 amide bonds. The molecule has 23 heavy (non-hydrogen) atoms. The Morgan fingerprint density at radius 3 is 2.74 bits per heavy atom. The highest BCUT2D eigenvalue weighted by molar-refractivity contribution is 5.87. The average molecular weight is 309 g/mol. The first-order chi connectivity index (χ1) is 11.2. The fraction of sp³-hybridized carbons (Fsp3) is 0.211. The Balaban J connectivity index is 1.80. The van der Waals surface area contributed by atoms with Gasteiger partial charge in [-0.15, -0.1) is 0 Å². The first-order valence-corrected chi connectivity index (χ1v) is 7.60. The third-order valence-electron chi connectivity index (χ3n) is 3.78. The van der Waals surface area contributed by atoms with E-state index < -0.39 is 0 Å². The van der Waals surface area contributed by atoms with Crippen LogP contribution in [0.5, 0.6) is 17.2 Å². The van der Waals surface area contributed by atoms with Crippen molar-refractivity contribution in [3.63, 3.8) is 0 Å². The first-order valence-electron chi connectivity index (χ1n) is 7.60. The molecule has 4 heteroatoms. The van der Waals surface area contributed by atoms with Gasteiger partial charge in [-0.2, -0.15) is 0 Å². The van der Waals surface area contributed by atoms with Crippen LogP contribution in [0, 0.1) is 6.92 Å². The van der Waals surface area contributed by atoms with Gasteiger partial charge in [-0.3, -0.25) is 4.79 Å². The van der Waals surface area contributed by atoms with Gasteiger partial charge in [-0.05, 0) is 37.3 Å². The van der Waals surface area contributed by atoms with Crippen LogP contribution in [0.25, 0.3) is 0 Å². The molecule has 1 aliphatic heterocycles. The second-order valence-electron chi connectivity index (χ2n) is 5.52. The van der Waals surface area contributed by atoms with E-state index in [1.54, 1.807) is 0 Å². The Morgan fingerprint density at radius 2 is 2.00 bits per heavy atom. The lowest BCUT2D eigenvalue weighted by molar-refractivity contribution is -0.117. The normalized spacial score (nSPS) is 16.0. The molecule has 2 aromatic rings. The molecule has 1 aliphatic rings. The Bertz CT molecular complexity index is 722. The van der Waals surface area contributed by atoms with Crippen molar-refractivity contribution in [2.24, 2.45) is 0 Å². The standard InChI is InChI=1S/C19H19NO3/c1-3-19(21)20-17-10-11-22-18-12-15(8-9-16(17)18)23-14-6-4-13(2)5-7-14/h3-9,12,17H,1,10-11H2,2H3,(H,20,21). The highest BCUT2D eigenvalue weighted by Crippen LogP contribution is 2.36. The minimum atomic E-state index is -0.178. The molecule has 0 saturated carbocycles. The number of hydrogen-bond donors (Lipinski definition) is 1. The Kier molecular flexibility index (Phi) is 4.33. The van der Waals surface area contributed by atoms with E-state index in [2.05, 4.69) is 11.9 Å². The summed E-state index contributed by atoms with van der Waals surface area (Å²) in [6.45, 7) is 6.08. The highest BCUT2D eigenvalue weighted by Gasteiger charge is 2.23. The van der Waals surface area contributed by atoms with Crippen LogP contribution in [0.2, 0.25) is 0 Å². The average Bonchev–Trinajstić information content (AvgIpc) is 2.57. The van der Waals surface area contributed by atoms with Crippen molar-refractivity contribution in [2.75, 3.05) is 6.61 Å². The molecule has 0 aliphatic carbocycles. The summed E-state index contributed by atoms with van der Waals surface area (Å²) in [4.78, 5) is 11.5. The van der Waals surface area contributed by atoms with Gasteiger partial charge >= 0.3 is 0 Å². The number of fused-ring (bicyclic) bond motifs is 1. The molecular formula is C19H19NO3. The minimum Gasteiger partial charge on any atom is -0.493 e. The van der Waals surface area contributed by atoms with E-state index in [-0.39, 0.29) is 11.9 Å². The van der Waals surface area contributed by atoms with E-state index in [9.17, 15) is 4.79 Å². The van der Waals surface area contributed by atoms with Crippen LogP contribution in [0.4, 0.5) is 0 Å². The number of amides is 1. The molecule has 0 spiro atoms. The number of nitrogens with one attached hydrogen (secondary N) is 1. The molecule has 4 nitrogen and oxygen atoms in total. The lowest BCUT2D eigenvalue weighted by atomic mass is 10.0. The van der Waals surface area contributed by atoms with E-state index >= 15 is 0 Å². The quantitative estimate of drug-likeness (QED) is 0.871. The van der Waals surface area contributed by atoms with Gasteiger partial charge in [0, 0.05) is 18.1 Å². The lowest BCUT2D eigenvalue weighted by Crippen LogP contribution is -2.30. The maximum absolute atomic E-state index is 11.5. The zero-order chi connectivity index (χ0) is 16.2. The zero-order valence-electron chi connectivity index (χ0n) is 13.0. The summed E-state index contributed by atoms with van der Waals surface area (Å²) >= 11 is 0. The van der Waals surface area contributed by atoms with Crippen molar-refractivity contribution in [3.8, 4) is 17.2 Å². The summed E-state index contributed by atoms with van der Waals surface area (Å²) in [6, 6.07) is 13.5. The Labute approximate surface area is 135 Å². The van der Waals surface area contributed by atoms with Crippen molar-refractivity contribution < 1.29 is 14.3 Å². The maximum Gasteiger partial charge on any atom is 0.243 e. The number of rotatable bonds is 4. The molecule has 0 saturated heterocycles. The number of ether oxygens (including phenoxy) is 2. The lowest BCUT2D eigenvalue weighted by Gasteiger charge is -2.26. The van der Waals surface area contributed by atoms with Crippen molar-refractivity contribution in [1.82, 2.24) is 5.32 Å². The molecule has 0 bridgehead atoms. The van der Waals surface area contributed by atoms with E-state index in [1.807, 2.05) is 49.4 Å². The Hall–Kier alpha value is -2.75. The fourth-order valence-corrected chi connectivity index (χ4v) is 2.56. The van der Waals surface area contributed by atoms with E-state index in [0.29, 0.717) is 12.4 Å². The van der Waals surface area contributed by atoms with Crippen LogP contribution in [-0.4, -0.2) is 12.5 Å². The van der Waals surface area contributed by atoms with E-state index in [4.69, 9.17) is 9.47 Å². The van der Waals surface area contributed by atoms with Gasteiger partial charge in [0.15, 0.2) is 0 Å². The molecule has 2 aromatic carbocycles. The van der Waals surface area contributed by atoms with Crippen LogP contribution in [0.3, 0.4) is 0 Å². The highest BCUT2D eigenvalue weighted by atomic mass is 16.5. The zero-order valence-corrected chi connectivity index (χ0v) is 13.0. The maximum atomic E-state index is 11.5. The minimum absolute atomic E-state index is 0.0577. The van der Waals surface area contributed by atoms with Crippen LogP contribution in [0.1, 0.15) is 23.6 Å². The molecule has 118 valence electrons. The molecule has 1 N–H and O–H groups in total. The molecule has 3 rings (SSSR count). The van der Waals surface area contributed by atoms with Crippen LogP contribution >= 0.6 is 0 Å². The predicted molar refractivity (Wildman–Crippen MR) is 88.9 cm³/mol. The van der Waals surface area contributed by atoms with Crippen LogP contribution in [0.15, 0.2) is 55.1 Å².